The van der Waals surface area contributed by atoms with Crippen LogP contribution < -0.4 is 11.5 Å². The van der Waals surface area contributed by atoms with E-state index in [1.54, 1.807) is 16.9 Å². The van der Waals surface area contributed by atoms with Crippen molar-refractivity contribution in [2.45, 2.75) is 6.92 Å². The second-order valence-electron chi connectivity index (χ2n) is 3.02. The molecular formula is C9H11N5. The normalized spacial score (nSPS) is 10.4. The molecule has 0 fully saturated rings. The Morgan fingerprint density at radius 1 is 1.29 bits per heavy atom. The van der Waals surface area contributed by atoms with Crippen molar-refractivity contribution in [2.24, 2.45) is 0 Å². The van der Waals surface area contributed by atoms with Gasteiger partial charge in [-0.15, -0.1) is 0 Å². The highest BCUT2D eigenvalue weighted by Crippen LogP contribution is 2.14. The Morgan fingerprint density at radius 3 is 2.64 bits per heavy atom. The second kappa shape index (κ2) is 3.02. The summed E-state index contributed by atoms with van der Waals surface area (Å²) in [6.07, 6.45) is 1.60. The van der Waals surface area contributed by atoms with Crippen LogP contribution in [0.4, 0.5) is 11.5 Å². The molecule has 0 atom stereocenters. The van der Waals surface area contributed by atoms with Crippen LogP contribution >= 0.6 is 0 Å². The third kappa shape index (κ3) is 1.28. The molecule has 0 radical (unpaired) electrons. The first-order valence-corrected chi connectivity index (χ1v) is 4.21. The first-order chi connectivity index (χ1) is 6.68. The lowest BCUT2D eigenvalue weighted by Gasteiger charge is -2.03. The Morgan fingerprint density at radius 2 is 2.07 bits per heavy atom. The number of pyridine rings is 1. The van der Waals surface area contributed by atoms with Crippen molar-refractivity contribution in [3.63, 3.8) is 0 Å². The van der Waals surface area contributed by atoms with Gasteiger partial charge in [0.15, 0.2) is 5.82 Å². The van der Waals surface area contributed by atoms with Crippen LogP contribution in [0, 0.1) is 6.92 Å². The summed E-state index contributed by atoms with van der Waals surface area (Å²) in [7, 11) is 0. The molecule has 0 aliphatic carbocycles. The van der Waals surface area contributed by atoms with E-state index in [-0.39, 0.29) is 0 Å². The highest BCUT2D eigenvalue weighted by atomic mass is 15.3. The molecule has 5 heteroatoms. The summed E-state index contributed by atoms with van der Waals surface area (Å²) < 4.78 is 1.66. The summed E-state index contributed by atoms with van der Waals surface area (Å²) >= 11 is 0. The number of aromatic nitrogens is 3. The largest absolute Gasteiger partial charge is 0.396 e. The molecule has 2 rings (SSSR count). The van der Waals surface area contributed by atoms with Crippen molar-refractivity contribution in [1.29, 1.82) is 0 Å². The molecule has 0 aliphatic rings. The molecule has 72 valence electrons. The molecule has 0 saturated carbocycles. The SMILES string of the molecule is Cc1c(N)cnn1-c1cccc(N)n1. The van der Waals surface area contributed by atoms with Crippen molar-refractivity contribution in [1.82, 2.24) is 14.8 Å². The van der Waals surface area contributed by atoms with Gasteiger partial charge in [0.2, 0.25) is 0 Å². The maximum Gasteiger partial charge on any atom is 0.156 e. The summed E-state index contributed by atoms with van der Waals surface area (Å²) in [5.41, 5.74) is 12.8. The van der Waals surface area contributed by atoms with Gasteiger partial charge in [-0.25, -0.2) is 9.67 Å². The second-order valence-corrected chi connectivity index (χ2v) is 3.02. The molecule has 0 unspecified atom stereocenters. The zero-order valence-corrected chi connectivity index (χ0v) is 7.81. The fourth-order valence-electron chi connectivity index (χ4n) is 1.21. The zero-order valence-electron chi connectivity index (χ0n) is 7.81. The van der Waals surface area contributed by atoms with E-state index in [9.17, 15) is 0 Å². The molecule has 0 bridgehead atoms. The average Bonchev–Trinajstić information content (AvgIpc) is 2.48. The van der Waals surface area contributed by atoms with Gasteiger partial charge in [0.1, 0.15) is 5.82 Å². The van der Waals surface area contributed by atoms with Gasteiger partial charge in [-0.2, -0.15) is 5.10 Å². The number of anilines is 2. The lowest BCUT2D eigenvalue weighted by atomic mass is 10.4. The topological polar surface area (TPSA) is 82.8 Å². The van der Waals surface area contributed by atoms with Crippen LogP contribution in [0.5, 0.6) is 0 Å². The highest BCUT2D eigenvalue weighted by molar-refractivity contribution is 5.44. The Labute approximate surface area is 81.4 Å². The van der Waals surface area contributed by atoms with Crippen LogP contribution in [0.25, 0.3) is 5.82 Å². The fraction of sp³-hybridized carbons (Fsp3) is 0.111. The lowest BCUT2D eigenvalue weighted by molar-refractivity contribution is 0.819. The molecule has 0 spiro atoms. The van der Waals surface area contributed by atoms with Crippen LogP contribution in [-0.4, -0.2) is 14.8 Å². The number of hydrogen-bond acceptors (Lipinski definition) is 4. The molecule has 0 saturated heterocycles. The predicted octanol–water partition coefficient (Wildman–Crippen LogP) is 0.740. The monoisotopic (exact) mass is 189 g/mol. The van der Waals surface area contributed by atoms with E-state index in [1.807, 2.05) is 19.1 Å². The van der Waals surface area contributed by atoms with Crippen molar-refractivity contribution in [3.8, 4) is 5.82 Å². The molecule has 5 nitrogen and oxygen atoms in total. The van der Waals surface area contributed by atoms with Gasteiger partial charge in [-0.1, -0.05) is 6.07 Å². The summed E-state index contributed by atoms with van der Waals surface area (Å²) in [6.45, 7) is 1.88. The van der Waals surface area contributed by atoms with Crippen molar-refractivity contribution in [2.75, 3.05) is 11.5 Å². The van der Waals surface area contributed by atoms with Gasteiger partial charge < -0.3 is 11.5 Å². The molecule has 2 heterocycles. The first-order valence-electron chi connectivity index (χ1n) is 4.21. The molecule has 2 aromatic heterocycles. The molecule has 2 aromatic rings. The third-order valence-electron chi connectivity index (χ3n) is 2.02. The van der Waals surface area contributed by atoms with Crippen LogP contribution in [-0.2, 0) is 0 Å². The fourth-order valence-corrected chi connectivity index (χ4v) is 1.21. The number of rotatable bonds is 1. The zero-order chi connectivity index (χ0) is 10.1. The van der Waals surface area contributed by atoms with Gasteiger partial charge in [-0.05, 0) is 19.1 Å². The molecule has 14 heavy (non-hydrogen) atoms. The summed E-state index contributed by atoms with van der Waals surface area (Å²) in [5.74, 6) is 1.15. The summed E-state index contributed by atoms with van der Waals surface area (Å²) in [6, 6.07) is 5.39. The van der Waals surface area contributed by atoms with E-state index in [4.69, 9.17) is 11.5 Å². The van der Waals surface area contributed by atoms with Crippen molar-refractivity contribution >= 4 is 11.5 Å². The minimum absolute atomic E-state index is 0.468. The van der Waals surface area contributed by atoms with Gasteiger partial charge in [0, 0.05) is 0 Å². The van der Waals surface area contributed by atoms with Crippen LogP contribution in [0.15, 0.2) is 24.4 Å². The molecule has 0 aromatic carbocycles. The highest BCUT2D eigenvalue weighted by Gasteiger charge is 2.05. The van der Waals surface area contributed by atoms with Gasteiger partial charge in [0.05, 0.1) is 17.6 Å². The van der Waals surface area contributed by atoms with Gasteiger partial charge in [-0.3, -0.25) is 0 Å². The lowest BCUT2D eigenvalue weighted by Crippen LogP contribution is -2.03. The smallest absolute Gasteiger partial charge is 0.156 e. The first kappa shape index (κ1) is 8.55. The molecular weight excluding hydrogens is 178 g/mol. The Kier molecular flexibility index (Phi) is 1.85. The quantitative estimate of drug-likeness (QED) is 0.693. The molecule has 0 aliphatic heterocycles. The van der Waals surface area contributed by atoms with E-state index in [0.29, 0.717) is 17.3 Å². The maximum absolute atomic E-state index is 5.67. The number of nitrogen functional groups attached to an aromatic ring is 2. The van der Waals surface area contributed by atoms with Gasteiger partial charge >= 0.3 is 0 Å². The number of hydrogen-bond donors (Lipinski definition) is 2. The van der Waals surface area contributed by atoms with E-state index in [2.05, 4.69) is 10.1 Å². The average molecular weight is 189 g/mol. The van der Waals surface area contributed by atoms with E-state index in [1.165, 1.54) is 0 Å². The van der Waals surface area contributed by atoms with Crippen LogP contribution in [0.1, 0.15) is 5.69 Å². The molecule has 4 N–H and O–H groups in total. The molecule has 0 amide bonds. The summed E-state index contributed by atoms with van der Waals surface area (Å²) in [5, 5.41) is 4.10. The van der Waals surface area contributed by atoms with Crippen LogP contribution in [0.3, 0.4) is 0 Å². The van der Waals surface area contributed by atoms with Gasteiger partial charge in [0.25, 0.3) is 0 Å². The Bertz CT molecular complexity index is 460. The minimum atomic E-state index is 0.468. The van der Waals surface area contributed by atoms with Crippen molar-refractivity contribution < 1.29 is 0 Å². The minimum Gasteiger partial charge on any atom is -0.396 e. The van der Waals surface area contributed by atoms with Crippen molar-refractivity contribution in [3.05, 3.63) is 30.1 Å². The third-order valence-corrected chi connectivity index (χ3v) is 2.02. The van der Waals surface area contributed by atoms with Crippen LogP contribution in [0.2, 0.25) is 0 Å². The Hall–Kier alpha value is -2.04. The maximum atomic E-state index is 5.67. The van der Waals surface area contributed by atoms with E-state index < -0.39 is 0 Å². The number of nitrogens with zero attached hydrogens (tertiary/aromatic N) is 3. The van der Waals surface area contributed by atoms with E-state index in [0.717, 1.165) is 5.69 Å². The standard InChI is InChI=1S/C9H11N5/c1-6-7(10)5-12-14(6)9-4-2-3-8(11)13-9/h2-5H,10H2,1H3,(H2,11,13). The Balaban J connectivity index is 2.55. The van der Waals surface area contributed by atoms with E-state index >= 15 is 0 Å². The predicted molar refractivity (Wildman–Crippen MR) is 54.9 cm³/mol. The summed E-state index contributed by atoms with van der Waals surface area (Å²) in [4.78, 5) is 4.14. The number of nitrogens with two attached hydrogens (primary N) is 2.